The third kappa shape index (κ3) is 3.44. The molecule has 5 heteroatoms. The molecule has 0 N–H and O–H groups in total. The highest BCUT2D eigenvalue weighted by molar-refractivity contribution is 7.98. The molecule has 26 heavy (non-hydrogen) atoms. The van der Waals surface area contributed by atoms with Crippen LogP contribution in [0.1, 0.15) is 51.6 Å². The van der Waals surface area contributed by atoms with E-state index in [4.69, 9.17) is 16.1 Å². The van der Waals surface area contributed by atoms with E-state index in [1.54, 1.807) is 17.8 Å². The molecule has 0 radical (unpaired) electrons. The van der Waals surface area contributed by atoms with Crippen molar-refractivity contribution in [2.45, 2.75) is 30.1 Å². The number of benzene rings is 2. The summed E-state index contributed by atoms with van der Waals surface area (Å²) in [6.45, 7) is 0. The maximum absolute atomic E-state index is 13.2. The molecule has 0 amide bonds. The number of nitrogens with zero attached hydrogens (tertiary/aromatic N) is 1. The molecule has 1 fully saturated rings. The summed E-state index contributed by atoms with van der Waals surface area (Å²) in [7, 11) is 0. The van der Waals surface area contributed by atoms with E-state index in [1.807, 2.05) is 24.3 Å². The van der Waals surface area contributed by atoms with Gasteiger partial charge in [0.1, 0.15) is 0 Å². The Morgan fingerprint density at radius 3 is 2.77 bits per heavy atom. The monoisotopic (exact) mass is 383 g/mol. The van der Waals surface area contributed by atoms with E-state index in [1.165, 1.54) is 16.7 Å². The van der Waals surface area contributed by atoms with Crippen molar-refractivity contribution < 1.29 is 9.32 Å². The van der Waals surface area contributed by atoms with E-state index in [0.717, 1.165) is 18.4 Å². The third-order valence-electron chi connectivity index (χ3n) is 4.68. The summed E-state index contributed by atoms with van der Waals surface area (Å²) < 4.78 is 5.35. The summed E-state index contributed by atoms with van der Waals surface area (Å²) in [6, 6.07) is 13.8. The van der Waals surface area contributed by atoms with Crippen molar-refractivity contribution in [3.05, 3.63) is 81.7 Å². The molecule has 0 atom stereocenters. The molecule has 0 unspecified atom stereocenters. The minimum Gasteiger partial charge on any atom is -0.360 e. The zero-order valence-electron chi connectivity index (χ0n) is 14.4. The number of halogens is 1. The summed E-state index contributed by atoms with van der Waals surface area (Å²) in [5.41, 5.74) is 3.35. The molecule has 1 aliphatic rings. The predicted octanol–water partition coefficient (Wildman–Crippen LogP) is 5.75. The summed E-state index contributed by atoms with van der Waals surface area (Å²) >= 11 is 7.91. The number of thioether (sulfide) groups is 1. The normalized spacial score (nSPS) is 13.8. The van der Waals surface area contributed by atoms with Crippen LogP contribution >= 0.6 is 23.4 Å². The topological polar surface area (TPSA) is 43.1 Å². The standard InChI is InChI=1S/C21H18ClNO2S/c1-26-19-5-3-2-4-15(19)10-14-8-9-16(22)11-17(14)20(24)18-12-23-25-21(18)13-6-7-13/h2-5,8-9,11-13H,6-7,10H2,1H3. The lowest BCUT2D eigenvalue weighted by atomic mass is 9.94. The Morgan fingerprint density at radius 2 is 2.00 bits per heavy atom. The number of aromatic nitrogens is 1. The average Bonchev–Trinajstić information content (AvgIpc) is 3.39. The van der Waals surface area contributed by atoms with Crippen LogP contribution in [0.25, 0.3) is 0 Å². The van der Waals surface area contributed by atoms with Gasteiger partial charge in [0.05, 0.1) is 11.8 Å². The van der Waals surface area contributed by atoms with Gasteiger partial charge in [-0.25, -0.2) is 0 Å². The Bertz CT molecular complexity index is 962. The first-order chi connectivity index (χ1) is 12.7. The second-order valence-corrected chi connectivity index (χ2v) is 7.78. The van der Waals surface area contributed by atoms with Gasteiger partial charge in [-0.05, 0) is 54.8 Å². The van der Waals surface area contributed by atoms with Crippen molar-refractivity contribution in [3.8, 4) is 0 Å². The maximum Gasteiger partial charge on any atom is 0.198 e. The van der Waals surface area contributed by atoms with E-state index in [-0.39, 0.29) is 5.78 Å². The Morgan fingerprint density at radius 1 is 1.19 bits per heavy atom. The number of carbonyl (C=O) groups excluding carboxylic acids is 1. The van der Waals surface area contributed by atoms with Gasteiger partial charge in [-0.15, -0.1) is 11.8 Å². The Hall–Kier alpha value is -2.04. The van der Waals surface area contributed by atoms with Crippen LogP contribution in [-0.4, -0.2) is 17.2 Å². The van der Waals surface area contributed by atoms with Crippen molar-refractivity contribution in [3.63, 3.8) is 0 Å². The van der Waals surface area contributed by atoms with Gasteiger partial charge in [-0.2, -0.15) is 0 Å². The average molecular weight is 384 g/mol. The second-order valence-electron chi connectivity index (χ2n) is 6.50. The highest BCUT2D eigenvalue weighted by Gasteiger charge is 2.33. The van der Waals surface area contributed by atoms with Crippen molar-refractivity contribution in [2.75, 3.05) is 6.26 Å². The quantitative estimate of drug-likeness (QED) is 0.401. The van der Waals surface area contributed by atoms with Crippen molar-refractivity contribution in [2.24, 2.45) is 0 Å². The zero-order valence-corrected chi connectivity index (χ0v) is 15.9. The van der Waals surface area contributed by atoms with Gasteiger partial charge in [0.2, 0.25) is 0 Å². The fourth-order valence-electron chi connectivity index (χ4n) is 3.17. The van der Waals surface area contributed by atoms with E-state index in [2.05, 4.69) is 23.5 Å². The SMILES string of the molecule is CSc1ccccc1Cc1ccc(Cl)cc1C(=O)c1cnoc1C1CC1. The minimum absolute atomic E-state index is 0.0627. The molecule has 0 aliphatic heterocycles. The van der Waals surface area contributed by atoms with E-state index < -0.39 is 0 Å². The first-order valence-electron chi connectivity index (χ1n) is 8.57. The van der Waals surface area contributed by atoms with Gasteiger partial charge in [-0.3, -0.25) is 4.79 Å². The van der Waals surface area contributed by atoms with Gasteiger partial charge < -0.3 is 4.52 Å². The van der Waals surface area contributed by atoms with Crippen LogP contribution in [0.15, 0.2) is 58.1 Å². The summed E-state index contributed by atoms with van der Waals surface area (Å²) in [4.78, 5) is 14.4. The van der Waals surface area contributed by atoms with Gasteiger partial charge in [-0.1, -0.05) is 41.0 Å². The first kappa shape index (κ1) is 17.4. The predicted molar refractivity (Wildman–Crippen MR) is 104 cm³/mol. The van der Waals surface area contributed by atoms with E-state index >= 15 is 0 Å². The van der Waals surface area contributed by atoms with E-state index in [9.17, 15) is 4.79 Å². The van der Waals surface area contributed by atoms with Gasteiger partial charge in [0.15, 0.2) is 11.5 Å². The fourth-order valence-corrected chi connectivity index (χ4v) is 3.96. The highest BCUT2D eigenvalue weighted by Crippen LogP contribution is 2.42. The maximum atomic E-state index is 13.2. The Kier molecular flexibility index (Phi) is 4.88. The van der Waals surface area contributed by atoms with Crippen molar-refractivity contribution in [1.82, 2.24) is 5.16 Å². The molecule has 1 heterocycles. The van der Waals surface area contributed by atoms with Crippen LogP contribution < -0.4 is 0 Å². The van der Waals surface area contributed by atoms with Gasteiger partial charge in [0, 0.05) is 21.4 Å². The zero-order chi connectivity index (χ0) is 18.1. The number of rotatable bonds is 6. The molecule has 3 aromatic rings. The number of ketones is 1. The summed E-state index contributed by atoms with van der Waals surface area (Å²) in [5.74, 6) is 0.981. The molecule has 0 spiro atoms. The van der Waals surface area contributed by atoms with Crippen LogP contribution in [0.5, 0.6) is 0 Å². The second kappa shape index (κ2) is 7.29. The largest absolute Gasteiger partial charge is 0.360 e. The van der Waals surface area contributed by atoms with E-state index in [0.29, 0.717) is 34.2 Å². The first-order valence-corrected chi connectivity index (χ1v) is 10.2. The molecule has 1 aromatic heterocycles. The van der Waals surface area contributed by atoms with Crippen molar-refractivity contribution >= 4 is 29.1 Å². The number of carbonyl (C=O) groups is 1. The number of hydrogen-bond acceptors (Lipinski definition) is 4. The lowest BCUT2D eigenvalue weighted by molar-refractivity contribution is 0.103. The van der Waals surface area contributed by atoms with Crippen molar-refractivity contribution in [1.29, 1.82) is 0 Å². The number of hydrogen-bond donors (Lipinski definition) is 0. The molecule has 1 saturated carbocycles. The molecule has 1 aliphatic carbocycles. The molecular formula is C21H18ClNO2S. The molecule has 0 bridgehead atoms. The molecule has 0 saturated heterocycles. The Labute approximate surface area is 161 Å². The van der Waals surface area contributed by atoms with Gasteiger partial charge in [0.25, 0.3) is 0 Å². The highest BCUT2D eigenvalue weighted by atomic mass is 35.5. The lowest BCUT2D eigenvalue weighted by Crippen LogP contribution is -2.07. The molecular weight excluding hydrogens is 366 g/mol. The molecule has 4 rings (SSSR count). The van der Waals surface area contributed by atoms with Crippen LogP contribution in [-0.2, 0) is 6.42 Å². The minimum atomic E-state index is -0.0627. The van der Waals surface area contributed by atoms with Crippen LogP contribution in [0.2, 0.25) is 5.02 Å². The lowest BCUT2D eigenvalue weighted by Gasteiger charge is -2.12. The summed E-state index contributed by atoms with van der Waals surface area (Å²) in [5, 5.41) is 4.42. The fraction of sp³-hybridized carbons (Fsp3) is 0.238. The van der Waals surface area contributed by atoms with Crippen LogP contribution in [0.4, 0.5) is 0 Å². The Balaban J connectivity index is 1.73. The smallest absolute Gasteiger partial charge is 0.198 e. The molecule has 132 valence electrons. The third-order valence-corrected chi connectivity index (χ3v) is 5.75. The summed E-state index contributed by atoms with van der Waals surface area (Å²) in [6.07, 6.45) is 6.39. The van der Waals surface area contributed by atoms with Crippen LogP contribution in [0, 0.1) is 0 Å². The molecule has 3 nitrogen and oxygen atoms in total. The van der Waals surface area contributed by atoms with Crippen LogP contribution in [0.3, 0.4) is 0 Å². The molecule has 2 aromatic carbocycles. The van der Waals surface area contributed by atoms with Gasteiger partial charge >= 0.3 is 0 Å².